The number of nitrogens with one attached hydrogen (secondary N) is 2. The molecule has 0 aliphatic heterocycles. The van der Waals surface area contributed by atoms with Crippen LogP contribution in [0.15, 0.2) is 140 Å². The number of hydrogen-bond donors (Lipinski definition) is 2. The van der Waals surface area contributed by atoms with Crippen molar-refractivity contribution in [2.75, 3.05) is 30.0 Å². The van der Waals surface area contributed by atoms with E-state index in [2.05, 4.69) is 109 Å². The minimum absolute atomic E-state index is 0.535. The summed E-state index contributed by atoms with van der Waals surface area (Å²) in [6.07, 6.45) is 1.17. The van der Waals surface area contributed by atoms with Crippen molar-refractivity contribution in [3.05, 3.63) is 140 Å². The fourth-order valence-corrected chi connectivity index (χ4v) is 9.92. The number of anilines is 2. The van der Waals surface area contributed by atoms with Gasteiger partial charge in [-0.25, -0.2) is 0 Å². The standard InChI is InChI=1S/C20H21P.C17H20N2O2S/c1-2-21(18-12-6-3-7-13-18,19-14-8-4-9-15-19)20-16-10-5-11-17-20;1-3-20-15-9-5-13(6-10-15)18-17(22)19-14-7-11-16(12-8-14)21-4-2/h3-17,21H,2H2,1H3;5-12H,3-4H2,1-2H3,(H2,18,19,22). The summed E-state index contributed by atoms with van der Waals surface area (Å²) < 4.78 is 10.8. The van der Waals surface area contributed by atoms with E-state index in [1.54, 1.807) is 0 Å². The number of thiocarbonyl (C=S) groups is 1. The Kier molecular flexibility index (Phi) is 12.1. The van der Waals surface area contributed by atoms with Crippen LogP contribution < -0.4 is 36.0 Å². The zero-order valence-electron chi connectivity index (χ0n) is 25.1. The SMILES string of the molecule is CCOc1ccc(NC(=S)Nc2ccc(OCC)cc2)cc1.CC[PH](c1ccccc1)(c1ccccc1)c1ccccc1. The van der Waals surface area contributed by atoms with E-state index in [1.165, 1.54) is 22.1 Å². The van der Waals surface area contributed by atoms with E-state index in [0.717, 1.165) is 22.9 Å². The van der Waals surface area contributed by atoms with Gasteiger partial charge in [0.2, 0.25) is 0 Å². The molecule has 0 amide bonds. The molecule has 5 rings (SSSR count). The summed E-state index contributed by atoms with van der Waals surface area (Å²) in [5.74, 6) is 1.69. The van der Waals surface area contributed by atoms with Gasteiger partial charge in [-0.15, -0.1) is 0 Å². The summed E-state index contributed by atoms with van der Waals surface area (Å²) in [5.41, 5.74) is 1.82. The first-order chi connectivity index (χ1) is 21.1. The van der Waals surface area contributed by atoms with Crippen LogP contribution in [0.1, 0.15) is 20.8 Å². The van der Waals surface area contributed by atoms with Crippen molar-refractivity contribution in [1.82, 2.24) is 0 Å². The van der Waals surface area contributed by atoms with Crippen LogP contribution in [0.25, 0.3) is 0 Å². The molecule has 5 aromatic carbocycles. The molecule has 0 saturated heterocycles. The van der Waals surface area contributed by atoms with Crippen LogP contribution in [0.3, 0.4) is 0 Å². The van der Waals surface area contributed by atoms with Crippen molar-refractivity contribution in [1.29, 1.82) is 0 Å². The number of benzene rings is 5. The molecule has 2 N–H and O–H groups in total. The third-order valence-corrected chi connectivity index (χ3v) is 12.4. The molecule has 0 aromatic heterocycles. The molecule has 222 valence electrons. The molecule has 0 saturated carbocycles. The van der Waals surface area contributed by atoms with Crippen molar-refractivity contribution in [3.8, 4) is 11.5 Å². The van der Waals surface area contributed by atoms with Crippen molar-refractivity contribution >= 4 is 51.9 Å². The van der Waals surface area contributed by atoms with Gasteiger partial charge in [-0.3, -0.25) is 0 Å². The van der Waals surface area contributed by atoms with E-state index < -0.39 is 7.26 Å². The summed E-state index contributed by atoms with van der Waals surface area (Å²) in [5, 5.41) is 11.3. The molecular formula is C37H41N2O2PS. The van der Waals surface area contributed by atoms with Gasteiger partial charge in [0, 0.05) is 11.4 Å². The first-order valence-electron chi connectivity index (χ1n) is 14.8. The summed E-state index contributed by atoms with van der Waals surface area (Å²) in [7, 11) is -1.90. The van der Waals surface area contributed by atoms with E-state index in [0.29, 0.717) is 18.3 Å². The third kappa shape index (κ3) is 8.67. The Morgan fingerprint density at radius 1 is 0.512 bits per heavy atom. The van der Waals surface area contributed by atoms with E-state index >= 15 is 0 Å². The molecule has 0 aliphatic rings. The molecule has 4 nitrogen and oxygen atoms in total. The molecule has 0 fully saturated rings. The average molecular weight is 609 g/mol. The van der Waals surface area contributed by atoms with Crippen molar-refractivity contribution < 1.29 is 9.47 Å². The Hall–Kier alpha value is -4.18. The fourth-order valence-electron chi connectivity index (χ4n) is 5.18. The van der Waals surface area contributed by atoms with Crippen LogP contribution in [-0.4, -0.2) is 24.5 Å². The number of hydrogen-bond acceptors (Lipinski definition) is 3. The molecule has 0 atom stereocenters. The molecule has 6 heteroatoms. The van der Waals surface area contributed by atoms with Crippen molar-refractivity contribution in [2.45, 2.75) is 20.8 Å². The second kappa shape index (κ2) is 16.5. The van der Waals surface area contributed by atoms with Gasteiger partial charge in [0.25, 0.3) is 0 Å². The molecule has 0 heterocycles. The predicted octanol–water partition coefficient (Wildman–Crippen LogP) is 8.03. The Morgan fingerprint density at radius 3 is 1.12 bits per heavy atom. The predicted molar refractivity (Wildman–Crippen MR) is 192 cm³/mol. The Balaban J connectivity index is 0.000000197. The van der Waals surface area contributed by atoms with Crippen molar-refractivity contribution in [2.24, 2.45) is 0 Å². The van der Waals surface area contributed by atoms with E-state index in [9.17, 15) is 0 Å². The van der Waals surface area contributed by atoms with Gasteiger partial charge in [-0.1, -0.05) is 0 Å². The quantitative estimate of drug-likeness (QED) is 0.124. The molecule has 0 radical (unpaired) electrons. The van der Waals surface area contributed by atoms with E-state index in [4.69, 9.17) is 21.7 Å². The molecule has 0 bridgehead atoms. The first-order valence-corrected chi connectivity index (χ1v) is 17.4. The van der Waals surface area contributed by atoms with Crippen LogP contribution in [0.4, 0.5) is 11.4 Å². The van der Waals surface area contributed by atoms with Crippen LogP contribution in [0, 0.1) is 0 Å². The molecule has 43 heavy (non-hydrogen) atoms. The van der Waals surface area contributed by atoms with Gasteiger partial charge in [-0.05, 0) is 74.6 Å². The third-order valence-electron chi connectivity index (χ3n) is 7.18. The van der Waals surface area contributed by atoms with Crippen LogP contribution in [-0.2, 0) is 0 Å². The molecule has 0 aliphatic carbocycles. The Labute approximate surface area is 262 Å². The Morgan fingerprint density at radius 2 is 0.837 bits per heavy atom. The summed E-state index contributed by atoms with van der Waals surface area (Å²) in [6.45, 7) is 7.57. The van der Waals surface area contributed by atoms with E-state index in [1.807, 2.05) is 62.4 Å². The molecular weight excluding hydrogens is 567 g/mol. The van der Waals surface area contributed by atoms with Gasteiger partial charge in [0.05, 0.1) is 13.2 Å². The maximum atomic E-state index is 5.40. The molecule has 0 spiro atoms. The van der Waals surface area contributed by atoms with Gasteiger partial charge in [0.1, 0.15) is 11.5 Å². The zero-order chi connectivity index (χ0) is 30.3. The number of ether oxygens (including phenoxy) is 2. The van der Waals surface area contributed by atoms with Crippen LogP contribution >= 0.6 is 19.5 Å². The van der Waals surface area contributed by atoms with Crippen LogP contribution in [0.2, 0.25) is 0 Å². The second-order valence-electron chi connectivity index (χ2n) is 9.85. The monoisotopic (exact) mass is 608 g/mol. The van der Waals surface area contributed by atoms with Crippen LogP contribution in [0.5, 0.6) is 11.5 Å². The second-order valence-corrected chi connectivity index (χ2v) is 14.5. The van der Waals surface area contributed by atoms with Gasteiger partial charge in [-0.2, -0.15) is 0 Å². The van der Waals surface area contributed by atoms with E-state index in [-0.39, 0.29) is 0 Å². The number of rotatable bonds is 10. The summed E-state index contributed by atoms with van der Waals surface area (Å²) in [4.78, 5) is 0. The minimum atomic E-state index is -1.90. The topological polar surface area (TPSA) is 42.5 Å². The molecule has 0 unspecified atom stereocenters. The Bertz CT molecular complexity index is 1360. The zero-order valence-corrected chi connectivity index (χ0v) is 26.9. The van der Waals surface area contributed by atoms with Gasteiger partial charge < -0.3 is 20.1 Å². The first kappa shape index (κ1) is 31.7. The normalized spacial score (nSPS) is 11.0. The summed E-state index contributed by atoms with van der Waals surface area (Å²) >= 11 is 5.30. The van der Waals surface area contributed by atoms with Gasteiger partial charge in [0.15, 0.2) is 5.11 Å². The average Bonchev–Trinajstić information content (AvgIpc) is 3.06. The maximum absolute atomic E-state index is 5.40. The summed E-state index contributed by atoms with van der Waals surface area (Å²) in [6, 6.07) is 48.5. The fraction of sp³-hybridized carbons (Fsp3) is 0.162. The van der Waals surface area contributed by atoms with Gasteiger partial charge >= 0.3 is 127 Å². The molecule has 5 aromatic rings. The van der Waals surface area contributed by atoms with Crippen molar-refractivity contribution in [3.63, 3.8) is 0 Å².